The van der Waals surface area contributed by atoms with Gasteiger partial charge in [-0.2, -0.15) is 13.2 Å². The van der Waals surface area contributed by atoms with Crippen LogP contribution in [0.3, 0.4) is 0 Å². The summed E-state index contributed by atoms with van der Waals surface area (Å²) in [6.45, 7) is 4.63. The summed E-state index contributed by atoms with van der Waals surface area (Å²) in [6, 6.07) is 12.8. The summed E-state index contributed by atoms with van der Waals surface area (Å²) >= 11 is 0. The number of halogens is 3. The molecule has 0 bridgehead atoms. The first kappa shape index (κ1) is 18.3. The molecule has 1 fully saturated rings. The maximum absolute atomic E-state index is 12.6. The molecule has 0 N–H and O–H groups in total. The highest BCUT2D eigenvalue weighted by Gasteiger charge is 2.30. The van der Waals surface area contributed by atoms with Crippen LogP contribution in [0.15, 0.2) is 48.5 Å². The van der Waals surface area contributed by atoms with Crippen molar-refractivity contribution in [3.05, 3.63) is 65.2 Å². The van der Waals surface area contributed by atoms with E-state index in [2.05, 4.69) is 36.1 Å². The second kappa shape index (κ2) is 7.40. The first-order valence-electron chi connectivity index (χ1n) is 8.69. The van der Waals surface area contributed by atoms with Crippen molar-refractivity contribution in [3.63, 3.8) is 0 Å². The van der Waals surface area contributed by atoms with E-state index in [9.17, 15) is 18.0 Å². The van der Waals surface area contributed by atoms with Gasteiger partial charge >= 0.3 is 6.18 Å². The zero-order valence-corrected chi connectivity index (χ0v) is 14.6. The first-order chi connectivity index (χ1) is 12.4. The van der Waals surface area contributed by atoms with E-state index in [1.807, 2.05) is 0 Å². The van der Waals surface area contributed by atoms with Crippen molar-refractivity contribution in [1.29, 1.82) is 0 Å². The fourth-order valence-electron chi connectivity index (χ4n) is 3.09. The number of carbonyl (C=O) groups excluding carboxylic acids is 1. The molecule has 1 aliphatic rings. The van der Waals surface area contributed by atoms with Crippen LogP contribution in [-0.4, -0.2) is 37.0 Å². The van der Waals surface area contributed by atoms with Gasteiger partial charge < -0.3 is 9.80 Å². The van der Waals surface area contributed by atoms with Gasteiger partial charge in [0.2, 0.25) is 0 Å². The summed E-state index contributed by atoms with van der Waals surface area (Å²) in [5.74, 6) is -0.222. The van der Waals surface area contributed by atoms with Crippen molar-refractivity contribution in [3.8, 4) is 0 Å². The maximum Gasteiger partial charge on any atom is 0.416 e. The number of amides is 1. The summed E-state index contributed by atoms with van der Waals surface area (Å²) in [5, 5.41) is 0. The lowest BCUT2D eigenvalue weighted by molar-refractivity contribution is -0.137. The van der Waals surface area contributed by atoms with Gasteiger partial charge in [-0.3, -0.25) is 4.79 Å². The van der Waals surface area contributed by atoms with Crippen LogP contribution in [0.25, 0.3) is 0 Å². The number of nitrogens with zero attached hydrogens (tertiary/aromatic N) is 2. The lowest BCUT2D eigenvalue weighted by Gasteiger charge is -2.36. The van der Waals surface area contributed by atoms with Crippen molar-refractivity contribution in [2.24, 2.45) is 0 Å². The lowest BCUT2D eigenvalue weighted by Crippen LogP contribution is -2.48. The molecule has 0 atom stereocenters. The van der Waals surface area contributed by atoms with Crippen molar-refractivity contribution >= 4 is 11.6 Å². The molecular formula is C20H21F3N2O. The van der Waals surface area contributed by atoms with E-state index in [0.29, 0.717) is 31.7 Å². The minimum atomic E-state index is -4.39. The molecule has 1 amide bonds. The molecule has 26 heavy (non-hydrogen) atoms. The third-order valence-corrected chi connectivity index (χ3v) is 4.74. The van der Waals surface area contributed by atoms with E-state index in [1.54, 1.807) is 4.90 Å². The zero-order chi connectivity index (χ0) is 18.7. The Labute approximate surface area is 151 Å². The molecule has 1 aliphatic heterocycles. The van der Waals surface area contributed by atoms with Crippen LogP contribution < -0.4 is 4.90 Å². The van der Waals surface area contributed by atoms with Crippen LogP contribution >= 0.6 is 0 Å². The van der Waals surface area contributed by atoms with E-state index < -0.39 is 11.7 Å². The van der Waals surface area contributed by atoms with Gasteiger partial charge in [-0.15, -0.1) is 0 Å². The predicted octanol–water partition coefficient (Wildman–Crippen LogP) is 4.23. The summed E-state index contributed by atoms with van der Waals surface area (Å²) in [7, 11) is 0. The topological polar surface area (TPSA) is 23.6 Å². The van der Waals surface area contributed by atoms with Crippen LogP contribution in [0, 0.1) is 0 Å². The Bertz CT molecular complexity index is 746. The Morgan fingerprint density at radius 2 is 1.50 bits per heavy atom. The second-order valence-corrected chi connectivity index (χ2v) is 6.37. The number of anilines is 1. The highest BCUT2D eigenvalue weighted by Crippen LogP contribution is 2.29. The van der Waals surface area contributed by atoms with E-state index in [0.717, 1.165) is 24.2 Å². The molecular weight excluding hydrogens is 341 g/mol. The number of alkyl halides is 3. The largest absolute Gasteiger partial charge is 0.416 e. The monoisotopic (exact) mass is 362 g/mol. The zero-order valence-electron chi connectivity index (χ0n) is 14.6. The Kier molecular flexibility index (Phi) is 5.20. The number of carbonyl (C=O) groups is 1. The molecule has 3 rings (SSSR count). The molecule has 1 heterocycles. The number of benzene rings is 2. The van der Waals surface area contributed by atoms with Crippen molar-refractivity contribution in [1.82, 2.24) is 4.90 Å². The summed E-state index contributed by atoms with van der Waals surface area (Å²) in [6.07, 6.45) is -3.39. The van der Waals surface area contributed by atoms with E-state index >= 15 is 0 Å². The quantitative estimate of drug-likeness (QED) is 0.816. The molecule has 0 radical (unpaired) electrons. The molecule has 0 unspecified atom stereocenters. The van der Waals surface area contributed by atoms with Crippen LogP contribution in [0.5, 0.6) is 0 Å². The first-order valence-corrected chi connectivity index (χ1v) is 8.69. The molecule has 0 saturated carbocycles. The van der Waals surface area contributed by atoms with Gasteiger partial charge in [-0.25, -0.2) is 0 Å². The van der Waals surface area contributed by atoms with Crippen LogP contribution in [0.2, 0.25) is 0 Å². The Balaban J connectivity index is 1.61. The number of aryl methyl sites for hydroxylation is 1. The smallest absolute Gasteiger partial charge is 0.368 e. The van der Waals surface area contributed by atoms with Crippen molar-refractivity contribution in [2.45, 2.75) is 19.5 Å². The third kappa shape index (κ3) is 4.00. The van der Waals surface area contributed by atoms with E-state index in [4.69, 9.17) is 0 Å². The number of hydrogen-bond donors (Lipinski definition) is 0. The minimum absolute atomic E-state index is 0.222. The van der Waals surface area contributed by atoms with Gasteiger partial charge in [0.1, 0.15) is 0 Å². The number of hydrogen-bond acceptors (Lipinski definition) is 2. The van der Waals surface area contributed by atoms with Crippen LogP contribution in [0.4, 0.5) is 18.9 Å². The fourth-order valence-corrected chi connectivity index (χ4v) is 3.09. The Morgan fingerprint density at radius 1 is 0.923 bits per heavy atom. The summed E-state index contributed by atoms with van der Waals surface area (Å²) in [5.41, 5.74) is 1.96. The molecule has 3 nitrogen and oxygen atoms in total. The van der Waals surface area contributed by atoms with Gasteiger partial charge in [0.15, 0.2) is 0 Å². The minimum Gasteiger partial charge on any atom is -0.368 e. The molecule has 0 spiro atoms. The van der Waals surface area contributed by atoms with E-state index in [-0.39, 0.29) is 5.91 Å². The average Bonchev–Trinajstić information content (AvgIpc) is 2.67. The normalized spacial score (nSPS) is 15.2. The SMILES string of the molecule is CCc1ccc(N2CCN(C(=O)c3ccc(C(F)(F)F)cc3)CC2)cc1. The Hall–Kier alpha value is -2.50. The van der Waals surface area contributed by atoms with Crippen LogP contribution in [0.1, 0.15) is 28.4 Å². The molecule has 2 aromatic rings. The molecule has 0 aliphatic carbocycles. The predicted molar refractivity (Wildman–Crippen MR) is 95.4 cm³/mol. The third-order valence-electron chi connectivity index (χ3n) is 4.74. The molecule has 2 aromatic carbocycles. The lowest BCUT2D eigenvalue weighted by atomic mass is 10.1. The average molecular weight is 362 g/mol. The second-order valence-electron chi connectivity index (χ2n) is 6.37. The summed E-state index contributed by atoms with van der Waals surface area (Å²) in [4.78, 5) is 16.4. The maximum atomic E-state index is 12.6. The standard InChI is InChI=1S/C20H21F3N2O/c1-2-15-3-9-18(10-4-15)24-11-13-25(14-12-24)19(26)16-5-7-17(8-6-16)20(21,22)23/h3-10H,2,11-14H2,1H3. The van der Waals surface area contributed by atoms with Gasteiger partial charge in [-0.1, -0.05) is 19.1 Å². The van der Waals surface area contributed by atoms with Gasteiger partial charge in [0.25, 0.3) is 5.91 Å². The Morgan fingerprint density at radius 3 is 2.00 bits per heavy atom. The van der Waals surface area contributed by atoms with Crippen molar-refractivity contribution in [2.75, 3.05) is 31.1 Å². The number of rotatable bonds is 3. The summed E-state index contributed by atoms with van der Waals surface area (Å²) < 4.78 is 37.9. The molecule has 138 valence electrons. The molecule has 6 heteroatoms. The highest BCUT2D eigenvalue weighted by molar-refractivity contribution is 5.94. The van der Waals surface area contributed by atoms with Crippen LogP contribution in [-0.2, 0) is 12.6 Å². The van der Waals surface area contributed by atoms with Gasteiger partial charge in [0.05, 0.1) is 5.56 Å². The van der Waals surface area contributed by atoms with Crippen molar-refractivity contribution < 1.29 is 18.0 Å². The highest BCUT2D eigenvalue weighted by atomic mass is 19.4. The van der Waals surface area contributed by atoms with E-state index in [1.165, 1.54) is 17.7 Å². The van der Waals surface area contributed by atoms with Gasteiger partial charge in [0, 0.05) is 37.4 Å². The van der Waals surface area contributed by atoms with Gasteiger partial charge in [-0.05, 0) is 48.4 Å². The fraction of sp³-hybridized carbons (Fsp3) is 0.350. The molecule has 1 saturated heterocycles. The molecule has 0 aromatic heterocycles. The number of piperazine rings is 1.